The van der Waals surface area contributed by atoms with Crippen molar-refractivity contribution < 1.29 is 9.53 Å². The number of amides is 2. The summed E-state index contributed by atoms with van der Waals surface area (Å²) in [6, 6.07) is 2.07. The highest BCUT2D eigenvalue weighted by molar-refractivity contribution is 5.89. The first-order valence-corrected chi connectivity index (χ1v) is 10.0. The summed E-state index contributed by atoms with van der Waals surface area (Å²) in [4.78, 5) is 25.8. The summed E-state index contributed by atoms with van der Waals surface area (Å²) in [6.45, 7) is 15.3. The van der Waals surface area contributed by atoms with Gasteiger partial charge in [-0.2, -0.15) is 0 Å². The molecule has 7 heteroatoms. The number of methoxy groups -OCH3 is 1. The minimum absolute atomic E-state index is 0.172. The Morgan fingerprint density at radius 2 is 1.48 bits per heavy atom. The average molecular weight is 398 g/mol. The Kier molecular flexibility index (Phi) is 5.96. The van der Waals surface area contributed by atoms with Gasteiger partial charge in [-0.25, -0.2) is 14.8 Å². The van der Waals surface area contributed by atoms with E-state index in [2.05, 4.69) is 53.9 Å². The minimum Gasteiger partial charge on any atom is -0.478 e. The van der Waals surface area contributed by atoms with Crippen LogP contribution in [0, 0.1) is 41.5 Å². The first kappa shape index (κ1) is 20.9. The normalized spacial score (nSPS) is 14.2. The third-order valence-corrected chi connectivity index (χ3v) is 5.90. The number of rotatable bonds is 3. The number of nitrogens with one attached hydrogen (secondary N) is 1. The third-order valence-electron chi connectivity index (χ3n) is 5.90. The Morgan fingerprint density at radius 1 is 0.931 bits per heavy atom. The molecule has 0 saturated carbocycles. The number of nitrogens with zero attached hydrogens (tertiary/aromatic N) is 4. The molecule has 0 aliphatic carbocycles. The van der Waals surface area contributed by atoms with Crippen molar-refractivity contribution in [2.24, 2.45) is 0 Å². The molecule has 1 aliphatic rings. The van der Waals surface area contributed by atoms with E-state index in [1.165, 1.54) is 35.1 Å². The van der Waals surface area contributed by atoms with E-state index in [-0.39, 0.29) is 6.03 Å². The van der Waals surface area contributed by atoms with Crippen LogP contribution >= 0.6 is 0 Å². The second kappa shape index (κ2) is 8.27. The maximum atomic E-state index is 12.8. The van der Waals surface area contributed by atoms with Crippen molar-refractivity contribution in [3.63, 3.8) is 0 Å². The number of aromatic nitrogens is 2. The fraction of sp³-hybridized carbons (Fsp3) is 0.500. The zero-order valence-electron chi connectivity index (χ0n) is 18.5. The maximum Gasteiger partial charge on any atom is 0.323 e. The molecule has 0 atom stereocenters. The van der Waals surface area contributed by atoms with Gasteiger partial charge in [-0.05, 0) is 63.8 Å². The largest absolute Gasteiger partial charge is 0.478 e. The fourth-order valence-electron chi connectivity index (χ4n) is 3.79. The number of ether oxygens (including phenoxy) is 1. The molecular weight excluding hydrogens is 366 g/mol. The smallest absolute Gasteiger partial charge is 0.323 e. The van der Waals surface area contributed by atoms with Gasteiger partial charge in [0.25, 0.3) is 5.88 Å². The van der Waals surface area contributed by atoms with E-state index in [9.17, 15) is 4.79 Å². The van der Waals surface area contributed by atoms with Crippen molar-refractivity contribution in [1.29, 1.82) is 0 Å². The molecule has 1 aliphatic heterocycles. The minimum atomic E-state index is -0.172. The van der Waals surface area contributed by atoms with Crippen molar-refractivity contribution in [2.45, 2.75) is 41.5 Å². The van der Waals surface area contributed by atoms with Gasteiger partial charge >= 0.3 is 6.03 Å². The Hall–Kier alpha value is -2.83. The highest BCUT2D eigenvalue weighted by Gasteiger charge is 2.25. The molecule has 2 amide bonds. The predicted octanol–water partition coefficient (Wildman–Crippen LogP) is 3.69. The van der Waals surface area contributed by atoms with E-state index in [0.717, 1.165) is 24.5 Å². The molecule has 7 nitrogen and oxygen atoms in total. The van der Waals surface area contributed by atoms with Crippen LogP contribution in [0.4, 0.5) is 16.3 Å². The van der Waals surface area contributed by atoms with Crippen LogP contribution in [0.25, 0.3) is 0 Å². The van der Waals surface area contributed by atoms with Gasteiger partial charge in [0.05, 0.1) is 18.5 Å². The van der Waals surface area contributed by atoms with Crippen LogP contribution in [0.3, 0.4) is 0 Å². The van der Waals surface area contributed by atoms with Crippen molar-refractivity contribution in [3.8, 4) is 5.88 Å². The summed E-state index contributed by atoms with van der Waals surface area (Å²) in [7, 11) is 1.53. The zero-order chi connectivity index (χ0) is 21.3. The Labute approximate surface area is 173 Å². The molecular formula is C22H31N5O2. The molecule has 0 spiro atoms. The van der Waals surface area contributed by atoms with E-state index in [0.29, 0.717) is 24.8 Å². The molecule has 2 aromatic rings. The highest BCUT2D eigenvalue weighted by Crippen LogP contribution is 2.31. The van der Waals surface area contributed by atoms with Gasteiger partial charge < -0.3 is 14.5 Å². The number of anilines is 2. The average Bonchev–Trinajstić information content (AvgIpc) is 2.69. The molecule has 2 heterocycles. The van der Waals surface area contributed by atoms with E-state index in [1.807, 2.05) is 18.7 Å². The van der Waals surface area contributed by atoms with Gasteiger partial charge in [-0.1, -0.05) is 6.07 Å². The number of carbonyl (C=O) groups is 1. The Bertz CT molecular complexity index is 907. The molecule has 1 N–H and O–H groups in total. The lowest BCUT2D eigenvalue weighted by Gasteiger charge is -2.38. The van der Waals surface area contributed by atoms with Gasteiger partial charge in [-0.15, -0.1) is 0 Å². The summed E-state index contributed by atoms with van der Waals surface area (Å²) >= 11 is 0. The van der Waals surface area contributed by atoms with E-state index >= 15 is 0 Å². The first-order valence-electron chi connectivity index (χ1n) is 10.0. The third kappa shape index (κ3) is 4.13. The number of piperazine rings is 1. The quantitative estimate of drug-likeness (QED) is 0.855. The number of carbonyl (C=O) groups excluding carboxylic acids is 1. The summed E-state index contributed by atoms with van der Waals surface area (Å²) in [5.41, 5.74) is 8.12. The first-order chi connectivity index (χ1) is 13.7. The van der Waals surface area contributed by atoms with Crippen LogP contribution in [0.1, 0.15) is 33.6 Å². The summed E-state index contributed by atoms with van der Waals surface area (Å²) in [5.74, 6) is 0.700. The van der Waals surface area contributed by atoms with E-state index in [1.54, 1.807) is 0 Å². The topological polar surface area (TPSA) is 70.6 Å². The molecule has 29 heavy (non-hydrogen) atoms. The summed E-state index contributed by atoms with van der Waals surface area (Å²) in [6.07, 6.45) is 0. The molecule has 0 unspecified atom stereocenters. The van der Waals surface area contributed by atoms with Gasteiger partial charge in [0.15, 0.2) is 5.82 Å². The molecule has 1 fully saturated rings. The lowest BCUT2D eigenvalue weighted by Crippen LogP contribution is -2.50. The monoisotopic (exact) mass is 397 g/mol. The van der Waals surface area contributed by atoms with Crippen molar-refractivity contribution in [3.05, 3.63) is 39.7 Å². The lowest BCUT2D eigenvalue weighted by atomic mass is 9.97. The maximum absolute atomic E-state index is 12.8. The van der Waals surface area contributed by atoms with Crippen molar-refractivity contribution in [1.82, 2.24) is 14.9 Å². The highest BCUT2D eigenvalue weighted by atomic mass is 16.5. The van der Waals surface area contributed by atoms with Gasteiger partial charge in [0.2, 0.25) is 0 Å². The van der Waals surface area contributed by atoms with Crippen molar-refractivity contribution >= 4 is 17.5 Å². The molecule has 3 rings (SSSR count). The molecule has 1 saturated heterocycles. The predicted molar refractivity (Wildman–Crippen MR) is 116 cm³/mol. The van der Waals surface area contributed by atoms with Crippen LogP contribution < -0.4 is 15.0 Å². The second-order valence-electron chi connectivity index (χ2n) is 7.77. The number of urea groups is 1. The number of hydrogen-bond donors (Lipinski definition) is 1. The summed E-state index contributed by atoms with van der Waals surface area (Å²) in [5, 5.41) is 2.86. The Balaban J connectivity index is 1.71. The van der Waals surface area contributed by atoms with Gasteiger partial charge in [0.1, 0.15) is 0 Å². The molecule has 0 bridgehead atoms. The molecule has 1 aromatic carbocycles. The van der Waals surface area contributed by atoms with Gasteiger partial charge in [0, 0.05) is 31.9 Å². The standard InChI is InChI=1S/C22H31N5O2/c1-13-12-14(2)16(4)19(15(13)3)26-8-10-27(11-9-26)22(28)25-20-21(29-7)24-18(6)17(5)23-20/h12H,8-11H2,1-7H3,(H,23,25,28). The molecule has 0 radical (unpaired) electrons. The van der Waals surface area contributed by atoms with Crippen LogP contribution in [0.5, 0.6) is 5.88 Å². The second-order valence-corrected chi connectivity index (χ2v) is 7.77. The number of hydrogen-bond acceptors (Lipinski definition) is 5. The molecule has 1 aromatic heterocycles. The number of aryl methyl sites for hydroxylation is 4. The summed E-state index contributed by atoms with van der Waals surface area (Å²) < 4.78 is 5.28. The lowest BCUT2D eigenvalue weighted by molar-refractivity contribution is 0.208. The van der Waals surface area contributed by atoms with E-state index in [4.69, 9.17) is 4.74 Å². The van der Waals surface area contributed by atoms with Crippen LogP contribution in [0.15, 0.2) is 6.07 Å². The van der Waals surface area contributed by atoms with Crippen LogP contribution in [0.2, 0.25) is 0 Å². The Morgan fingerprint density at radius 3 is 2.03 bits per heavy atom. The fourth-order valence-corrected chi connectivity index (χ4v) is 3.79. The molecule has 156 valence electrons. The SMILES string of the molecule is COc1nc(C)c(C)nc1NC(=O)N1CCN(c2c(C)c(C)cc(C)c2C)CC1. The number of benzene rings is 1. The van der Waals surface area contributed by atoms with Gasteiger partial charge in [-0.3, -0.25) is 5.32 Å². The van der Waals surface area contributed by atoms with Crippen LogP contribution in [-0.2, 0) is 0 Å². The van der Waals surface area contributed by atoms with Crippen molar-refractivity contribution in [2.75, 3.05) is 43.5 Å². The zero-order valence-corrected chi connectivity index (χ0v) is 18.5. The van der Waals surface area contributed by atoms with E-state index < -0.39 is 0 Å². The van der Waals surface area contributed by atoms with Crippen LogP contribution in [-0.4, -0.2) is 54.2 Å².